The van der Waals surface area contributed by atoms with Crippen LogP contribution in [0.15, 0.2) is 41.1 Å². The van der Waals surface area contributed by atoms with Crippen molar-refractivity contribution in [3.05, 3.63) is 63.6 Å². The molecule has 0 aliphatic heterocycles. The van der Waals surface area contributed by atoms with Gasteiger partial charge in [-0.05, 0) is 30.2 Å². The number of aromatic nitrogens is 1. The molecule has 0 bridgehead atoms. The van der Waals surface area contributed by atoms with Gasteiger partial charge >= 0.3 is 0 Å². The Kier molecular flexibility index (Phi) is 3.54. The Morgan fingerprint density at radius 1 is 1.29 bits per heavy atom. The Labute approximate surface area is 108 Å². The van der Waals surface area contributed by atoms with Gasteiger partial charge in [0.25, 0.3) is 0 Å². The van der Waals surface area contributed by atoms with Crippen molar-refractivity contribution in [3.8, 4) is 0 Å². The van der Waals surface area contributed by atoms with Gasteiger partial charge in [0.05, 0.1) is 6.04 Å². The SMILES string of the molecule is Cc1cncc(C(N)c2ccc(Br)cc2F)c1. The summed E-state index contributed by atoms with van der Waals surface area (Å²) in [6.45, 7) is 1.93. The molecular formula is C13H12BrFN2. The molecule has 0 spiro atoms. The molecule has 1 unspecified atom stereocenters. The molecule has 88 valence electrons. The van der Waals surface area contributed by atoms with E-state index in [9.17, 15) is 4.39 Å². The maximum absolute atomic E-state index is 13.8. The third-order valence-electron chi connectivity index (χ3n) is 2.55. The Balaban J connectivity index is 2.40. The number of hydrogen-bond acceptors (Lipinski definition) is 2. The number of hydrogen-bond donors (Lipinski definition) is 1. The second-order valence-electron chi connectivity index (χ2n) is 3.94. The summed E-state index contributed by atoms with van der Waals surface area (Å²) in [5.74, 6) is -0.312. The maximum atomic E-state index is 13.8. The van der Waals surface area contributed by atoms with Gasteiger partial charge in [0.15, 0.2) is 0 Å². The van der Waals surface area contributed by atoms with Crippen molar-refractivity contribution in [1.82, 2.24) is 4.98 Å². The van der Waals surface area contributed by atoms with Crippen LogP contribution in [-0.2, 0) is 0 Å². The third-order valence-corrected chi connectivity index (χ3v) is 3.05. The molecule has 0 saturated carbocycles. The lowest BCUT2D eigenvalue weighted by molar-refractivity contribution is 0.598. The van der Waals surface area contributed by atoms with E-state index in [-0.39, 0.29) is 5.82 Å². The van der Waals surface area contributed by atoms with Crippen LogP contribution in [0.5, 0.6) is 0 Å². The van der Waals surface area contributed by atoms with Gasteiger partial charge in [-0.3, -0.25) is 4.98 Å². The third kappa shape index (κ3) is 2.70. The predicted octanol–water partition coefficient (Wildman–Crippen LogP) is 3.34. The first-order chi connectivity index (χ1) is 8.08. The first-order valence-electron chi connectivity index (χ1n) is 5.20. The number of nitrogens with zero attached hydrogens (tertiary/aromatic N) is 1. The number of rotatable bonds is 2. The Bertz CT molecular complexity index is 543. The van der Waals surface area contributed by atoms with Gasteiger partial charge in [-0.2, -0.15) is 0 Å². The van der Waals surface area contributed by atoms with Gasteiger partial charge < -0.3 is 5.73 Å². The summed E-state index contributed by atoms with van der Waals surface area (Å²) in [5.41, 5.74) is 8.33. The Morgan fingerprint density at radius 3 is 2.71 bits per heavy atom. The minimum atomic E-state index is -0.490. The van der Waals surface area contributed by atoms with Gasteiger partial charge in [-0.15, -0.1) is 0 Å². The van der Waals surface area contributed by atoms with E-state index < -0.39 is 6.04 Å². The van der Waals surface area contributed by atoms with Gasteiger partial charge in [-0.1, -0.05) is 28.1 Å². The molecule has 0 fully saturated rings. The minimum Gasteiger partial charge on any atom is -0.320 e. The first-order valence-corrected chi connectivity index (χ1v) is 5.99. The van der Waals surface area contributed by atoms with Crippen LogP contribution in [0.25, 0.3) is 0 Å². The quantitative estimate of drug-likeness (QED) is 0.923. The Hall–Kier alpha value is -1.26. The molecule has 1 aromatic heterocycles. The van der Waals surface area contributed by atoms with E-state index in [1.165, 1.54) is 6.07 Å². The molecule has 4 heteroatoms. The normalized spacial score (nSPS) is 12.5. The molecule has 0 aliphatic carbocycles. The monoisotopic (exact) mass is 294 g/mol. The van der Waals surface area contributed by atoms with E-state index >= 15 is 0 Å². The van der Waals surface area contributed by atoms with Crippen molar-refractivity contribution in [2.75, 3.05) is 0 Å². The highest BCUT2D eigenvalue weighted by atomic mass is 79.9. The highest BCUT2D eigenvalue weighted by Gasteiger charge is 2.14. The van der Waals surface area contributed by atoms with Crippen molar-refractivity contribution in [2.45, 2.75) is 13.0 Å². The standard InChI is InChI=1S/C13H12BrFN2/c1-8-4-9(7-17-6-8)13(16)11-3-2-10(14)5-12(11)15/h2-7,13H,16H2,1H3. The lowest BCUT2D eigenvalue weighted by Crippen LogP contribution is -2.14. The van der Waals surface area contributed by atoms with Crippen LogP contribution >= 0.6 is 15.9 Å². The number of aryl methyl sites for hydroxylation is 1. The summed E-state index contributed by atoms with van der Waals surface area (Å²) in [6.07, 6.45) is 3.41. The topological polar surface area (TPSA) is 38.9 Å². The first kappa shape index (κ1) is 12.2. The number of halogens is 2. The van der Waals surface area contributed by atoms with Crippen LogP contribution in [0.1, 0.15) is 22.7 Å². The van der Waals surface area contributed by atoms with Crippen LogP contribution < -0.4 is 5.73 Å². The summed E-state index contributed by atoms with van der Waals surface area (Å²) < 4.78 is 14.5. The summed E-state index contributed by atoms with van der Waals surface area (Å²) in [4.78, 5) is 4.07. The smallest absolute Gasteiger partial charge is 0.129 e. The highest BCUT2D eigenvalue weighted by Crippen LogP contribution is 2.24. The number of benzene rings is 1. The van der Waals surface area contributed by atoms with Crippen molar-refractivity contribution in [1.29, 1.82) is 0 Å². The molecule has 2 rings (SSSR count). The number of pyridine rings is 1. The van der Waals surface area contributed by atoms with Gasteiger partial charge in [0, 0.05) is 22.4 Å². The van der Waals surface area contributed by atoms with E-state index in [0.717, 1.165) is 11.1 Å². The fourth-order valence-electron chi connectivity index (χ4n) is 1.68. The van der Waals surface area contributed by atoms with Crippen LogP contribution in [-0.4, -0.2) is 4.98 Å². The molecule has 1 heterocycles. The van der Waals surface area contributed by atoms with E-state index in [0.29, 0.717) is 10.0 Å². The van der Waals surface area contributed by atoms with Crippen LogP contribution in [0.4, 0.5) is 4.39 Å². The van der Waals surface area contributed by atoms with E-state index in [2.05, 4.69) is 20.9 Å². The fourth-order valence-corrected chi connectivity index (χ4v) is 2.01. The molecule has 0 radical (unpaired) electrons. The van der Waals surface area contributed by atoms with Crippen molar-refractivity contribution in [3.63, 3.8) is 0 Å². The zero-order valence-corrected chi connectivity index (χ0v) is 10.9. The van der Waals surface area contributed by atoms with Crippen molar-refractivity contribution >= 4 is 15.9 Å². The van der Waals surface area contributed by atoms with E-state index in [4.69, 9.17) is 5.73 Å². The molecule has 0 saturated heterocycles. The van der Waals surface area contributed by atoms with Crippen LogP contribution in [0.3, 0.4) is 0 Å². The van der Waals surface area contributed by atoms with Crippen LogP contribution in [0.2, 0.25) is 0 Å². The molecule has 2 aromatic rings. The average molecular weight is 295 g/mol. The summed E-state index contributed by atoms with van der Waals surface area (Å²) >= 11 is 3.22. The second kappa shape index (κ2) is 4.94. The molecule has 0 amide bonds. The lowest BCUT2D eigenvalue weighted by Gasteiger charge is -2.13. The largest absolute Gasteiger partial charge is 0.320 e. The molecule has 2 N–H and O–H groups in total. The molecule has 1 atom stereocenters. The fraction of sp³-hybridized carbons (Fsp3) is 0.154. The zero-order chi connectivity index (χ0) is 12.4. The molecule has 2 nitrogen and oxygen atoms in total. The van der Waals surface area contributed by atoms with Gasteiger partial charge in [-0.25, -0.2) is 4.39 Å². The van der Waals surface area contributed by atoms with E-state index in [1.54, 1.807) is 24.5 Å². The van der Waals surface area contributed by atoms with Crippen molar-refractivity contribution < 1.29 is 4.39 Å². The number of nitrogens with two attached hydrogens (primary N) is 1. The average Bonchev–Trinajstić information content (AvgIpc) is 2.28. The van der Waals surface area contributed by atoms with Crippen LogP contribution in [0, 0.1) is 12.7 Å². The zero-order valence-electron chi connectivity index (χ0n) is 9.32. The molecular weight excluding hydrogens is 283 g/mol. The van der Waals surface area contributed by atoms with E-state index in [1.807, 2.05) is 13.0 Å². The molecule has 1 aromatic carbocycles. The predicted molar refractivity (Wildman–Crippen MR) is 69.1 cm³/mol. The highest BCUT2D eigenvalue weighted by molar-refractivity contribution is 9.10. The summed E-state index contributed by atoms with van der Waals surface area (Å²) in [5, 5.41) is 0. The Morgan fingerprint density at radius 2 is 2.06 bits per heavy atom. The van der Waals surface area contributed by atoms with Gasteiger partial charge in [0.2, 0.25) is 0 Å². The molecule has 0 aliphatic rings. The summed E-state index contributed by atoms with van der Waals surface area (Å²) in [7, 11) is 0. The summed E-state index contributed by atoms with van der Waals surface area (Å²) in [6, 6.07) is 6.31. The van der Waals surface area contributed by atoms with Gasteiger partial charge in [0.1, 0.15) is 5.82 Å². The lowest BCUT2D eigenvalue weighted by atomic mass is 10.00. The maximum Gasteiger partial charge on any atom is 0.129 e. The minimum absolute atomic E-state index is 0.312. The van der Waals surface area contributed by atoms with Crippen molar-refractivity contribution in [2.24, 2.45) is 5.73 Å². The second-order valence-corrected chi connectivity index (χ2v) is 4.85. The molecule has 17 heavy (non-hydrogen) atoms.